The highest BCUT2D eigenvalue weighted by Gasteiger charge is 2.32. The van der Waals surface area contributed by atoms with E-state index in [1.165, 1.54) is 34.5 Å². The van der Waals surface area contributed by atoms with E-state index in [9.17, 15) is 14.9 Å². The first-order valence-electron chi connectivity index (χ1n) is 9.81. The van der Waals surface area contributed by atoms with E-state index in [4.69, 9.17) is 0 Å². The van der Waals surface area contributed by atoms with E-state index < -0.39 is 4.92 Å². The van der Waals surface area contributed by atoms with Crippen LogP contribution in [0.2, 0.25) is 0 Å². The molecule has 0 N–H and O–H groups in total. The Morgan fingerprint density at radius 3 is 2.39 bits per heavy atom. The summed E-state index contributed by atoms with van der Waals surface area (Å²) >= 11 is 3.00. The number of nitrogens with zero attached hydrogens (tertiary/aromatic N) is 4. The van der Waals surface area contributed by atoms with E-state index >= 15 is 0 Å². The van der Waals surface area contributed by atoms with Gasteiger partial charge in [-0.15, -0.1) is 0 Å². The second-order valence-electron chi connectivity index (χ2n) is 6.67. The number of benzene rings is 2. The van der Waals surface area contributed by atoms with Crippen LogP contribution in [0.3, 0.4) is 0 Å². The highest BCUT2D eigenvalue weighted by Crippen LogP contribution is 2.45. The molecule has 7 nitrogen and oxygen atoms in total. The predicted octanol–water partition coefficient (Wildman–Crippen LogP) is 5.54. The number of non-ortho nitro benzene ring substituents is 1. The highest BCUT2D eigenvalue weighted by molar-refractivity contribution is 8.18. The smallest absolute Gasteiger partial charge is 0.269 e. The maximum absolute atomic E-state index is 12.9. The van der Waals surface area contributed by atoms with Crippen LogP contribution in [0.1, 0.15) is 13.8 Å². The lowest BCUT2D eigenvalue weighted by Crippen LogP contribution is -2.28. The monoisotopic (exact) mass is 452 g/mol. The summed E-state index contributed by atoms with van der Waals surface area (Å²) in [4.78, 5) is 33.4. The molecule has 31 heavy (non-hydrogen) atoms. The first-order valence-corrected chi connectivity index (χ1v) is 11.4. The summed E-state index contributed by atoms with van der Waals surface area (Å²) in [5.74, 6) is -0.0893. The molecule has 4 rings (SSSR count). The highest BCUT2D eigenvalue weighted by atomic mass is 32.2. The Hall–Kier alpha value is -3.04. The van der Waals surface area contributed by atoms with Crippen LogP contribution in [0.5, 0.6) is 0 Å². The van der Waals surface area contributed by atoms with Crippen LogP contribution in [0.4, 0.5) is 17.1 Å². The Labute approximate surface area is 188 Å². The van der Waals surface area contributed by atoms with Gasteiger partial charge in [-0.2, -0.15) is 0 Å². The topological polar surface area (TPSA) is 79.0 Å². The average molecular weight is 453 g/mol. The lowest BCUT2D eigenvalue weighted by atomic mass is 10.3. The van der Waals surface area contributed by atoms with Crippen LogP contribution < -0.4 is 4.90 Å². The van der Waals surface area contributed by atoms with Crippen LogP contribution in [-0.4, -0.2) is 34.0 Å². The SMILES string of the molecule is CCN1C(=O)/C(=C/C=C2/Sc3ccccc3N2CC)SC1=Nc1ccc([N+](=O)[O-])cc1. The van der Waals surface area contributed by atoms with Crippen LogP contribution in [0, 0.1) is 10.1 Å². The Bertz CT molecular complexity index is 1130. The summed E-state index contributed by atoms with van der Waals surface area (Å²) in [6, 6.07) is 14.2. The molecule has 9 heteroatoms. The number of thioether (sulfide) groups is 2. The molecule has 0 bridgehead atoms. The number of hydrogen-bond donors (Lipinski definition) is 0. The fraction of sp³-hybridized carbons (Fsp3) is 0.182. The molecular weight excluding hydrogens is 432 g/mol. The molecule has 158 valence electrons. The maximum Gasteiger partial charge on any atom is 0.269 e. The average Bonchev–Trinajstić information content (AvgIpc) is 3.28. The molecule has 2 heterocycles. The van der Waals surface area contributed by atoms with Gasteiger partial charge < -0.3 is 4.90 Å². The van der Waals surface area contributed by atoms with Crippen molar-refractivity contribution in [1.82, 2.24) is 4.90 Å². The molecule has 2 aliphatic rings. The molecule has 0 saturated carbocycles. The quantitative estimate of drug-likeness (QED) is 0.337. The minimum Gasteiger partial charge on any atom is -0.335 e. The van der Waals surface area contributed by atoms with Crippen molar-refractivity contribution in [2.45, 2.75) is 18.7 Å². The van der Waals surface area contributed by atoms with Crippen molar-refractivity contribution in [2.24, 2.45) is 4.99 Å². The number of rotatable bonds is 5. The number of amidine groups is 1. The van der Waals surface area contributed by atoms with Crippen molar-refractivity contribution >= 4 is 51.7 Å². The molecule has 2 aromatic rings. The van der Waals surface area contributed by atoms with E-state index in [-0.39, 0.29) is 11.6 Å². The molecule has 0 spiro atoms. The van der Waals surface area contributed by atoms with Gasteiger partial charge in [0.15, 0.2) is 5.17 Å². The first kappa shape index (κ1) is 21.2. The number of nitro benzene ring substituents is 1. The maximum atomic E-state index is 12.9. The summed E-state index contributed by atoms with van der Waals surface area (Å²) in [6.07, 6.45) is 3.84. The van der Waals surface area contributed by atoms with Gasteiger partial charge in [-0.05, 0) is 62.0 Å². The number of allylic oxidation sites excluding steroid dienone is 2. The summed E-state index contributed by atoms with van der Waals surface area (Å²) in [5.41, 5.74) is 1.76. The van der Waals surface area contributed by atoms with Crippen molar-refractivity contribution in [3.63, 3.8) is 0 Å². The number of carbonyl (C=O) groups excluding carboxylic acids is 1. The Morgan fingerprint density at radius 1 is 1.00 bits per heavy atom. The van der Waals surface area contributed by atoms with Gasteiger partial charge in [0.2, 0.25) is 0 Å². The molecule has 0 unspecified atom stereocenters. The van der Waals surface area contributed by atoms with E-state index in [2.05, 4.69) is 28.9 Å². The Morgan fingerprint density at radius 2 is 1.71 bits per heavy atom. The van der Waals surface area contributed by atoms with Gasteiger partial charge in [-0.1, -0.05) is 23.9 Å². The number of aliphatic imine (C=N–C) groups is 1. The molecule has 1 amide bonds. The summed E-state index contributed by atoms with van der Waals surface area (Å²) < 4.78 is 0. The summed E-state index contributed by atoms with van der Waals surface area (Å²) in [7, 11) is 0. The zero-order chi connectivity index (χ0) is 22.0. The van der Waals surface area contributed by atoms with Gasteiger partial charge in [-0.3, -0.25) is 19.8 Å². The number of likely N-dealkylation sites (N-methyl/N-ethyl adjacent to an activating group) is 1. The van der Waals surface area contributed by atoms with Crippen LogP contribution in [0.25, 0.3) is 0 Å². The fourth-order valence-electron chi connectivity index (χ4n) is 3.29. The van der Waals surface area contributed by atoms with E-state index in [1.54, 1.807) is 28.8 Å². The third-order valence-corrected chi connectivity index (χ3v) is 6.98. The molecular formula is C22H20N4O3S2. The van der Waals surface area contributed by atoms with Gasteiger partial charge in [-0.25, -0.2) is 4.99 Å². The van der Waals surface area contributed by atoms with Crippen molar-refractivity contribution in [3.8, 4) is 0 Å². The molecule has 0 aliphatic carbocycles. The number of anilines is 1. The van der Waals surface area contributed by atoms with Crippen molar-refractivity contribution in [2.75, 3.05) is 18.0 Å². The first-order chi connectivity index (χ1) is 15.0. The molecule has 1 saturated heterocycles. The van der Waals surface area contributed by atoms with Gasteiger partial charge in [0.25, 0.3) is 11.6 Å². The second-order valence-corrected chi connectivity index (χ2v) is 8.74. The zero-order valence-electron chi connectivity index (χ0n) is 17.0. The minimum absolute atomic E-state index is 0.00852. The van der Waals surface area contributed by atoms with Gasteiger partial charge >= 0.3 is 0 Å². The zero-order valence-corrected chi connectivity index (χ0v) is 18.7. The molecule has 0 radical (unpaired) electrons. The van der Waals surface area contributed by atoms with E-state index in [1.807, 2.05) is 31.2 Å². The number of para-hydroxylation sites is 1. The Balaban J connectivity index is 1.59. The minimum atomic E-state index is -0.448. The van der Waals surface area contributed by atoms with Crippen molar-refractivity contribution in [3.05, 3.63) is 80.7 Å². The number of hydrogen-bond acceptors (Lipinski definition) is 7. The van der Waals surface area contributed by atoms with Crippen molar-refractivity contribution in [1.29, 1.82) is 0 Å². The van der Waals surface area contributed by atoms with Gasteiger partial charge in [0.1, 0.15) is 0 Å². The number of fused-ring (bicyclic) bond motifs is 1. The lowest BCUT2D eigenvalue weighted by Gasteiger charge is -2.17. The van der Waals surface area contributed by atoms with Gasteiger partial charge in [0, 0.05) is 30.1 Å². The van der Waals surface area contributed by atoms with Crippen molar-refractivity contribution < 1.29 is 9.72 Å². The third-order valence-electron chi connectivity index (χ3n) is 4.82. The standard InChI is InChI=1S/C22H20N4O3S2/c1-3-24-17-7-5-6-8-18(17)30-20(24)14-13-19-21(27)25(4-2)22(31-19)23-15-9-11-16(12-10-15)26(28)29/h5-14H,3-4H2,1-2H3/b19-13-,20-14+,23-22?. The number of carbonyl (C=O) groups is 1. The Kier molecular flexibility index (Phi) is 6.15. The normalized spacial score (nSPS) is 19.7. The number of amides is 1. The summed E-state index contributed by atoms with van der Waals surface area (Å²) in [6.45, 7) is 5.33. The van der Waals surface area contributed by atoms with Crippen LogP contribution in [-0.2, 0) is 4.79 Å². The van der Waals surface area contributed by atoms with Crippen LogP contribution >= 0.6 is 23.5 Å². The third kappa shape index (κ3) is 4.24. The molecule has 2 aromatic carbocycles. The van der Waals surface area contributed by atoms with Gasteiger partial charge in [0.05, 0.1) is 26.2 Å². The fourth-order valence-corrected chi connectivity index (χ4v) is 5.43. The molecule has 1 fully saturated rings. The molecule has 2 aliphatic heterocycles. The van der Waals surface area contributed by atoms with Crippen LogP contribution in [0.15, 0.2) is 80.5 Å². The molecule has 0 atom stereocenters. The number of nitro groups is 1. The lowest BCUT2D eigenvalue weighted by molar-refractivity contribution is -0.384. The predicted molar refractivity (Wildman–Crippen MR) is 127 cm³/mol. The summed E-state index contributed by atoms with van der Waals surface area (Å²) in [5, 5.41) is 12.5. The van der Waals surface area contributed by atoms with E-state index in [0.29, 0.717) is 22.3 Å². The second kappa shape index (κ2) is 8.99. The largest absolute Gasteiger partial charge is 0.335 e. The molecule has 0 aromatic heterocycles. The van der Waals surface area contributed by atoms with E-state index in [0.717, 1.165) is 11.6 Å².